The van der Waals surface area contributed by atoms with Gasteiger partial charge in [0.05, 0.1) is 6.33 Å². The topological polar surface area (TPSA) is 80.1 Å². The molecule has 2 fully saturated rings. The fourth-order valence-corrected chi connectivity index (χ4v) is 5.53. The van der Waals surface area contributed by atoms with E-state index >= 15 is 0 Å². The molecular weight excluding hydrogens is 398 g/mol. The molecule has 1 atom stereocenters. The highest BCUT2D eigenvalue weighted by molar-refractivity contribution is 7.21. The van der Waals surface area contributed by atoms with Gasteiger partial charge in [0.2, 0.25) is 5.91 Å². The Bertz CT molecular complexity index is 1100. The molecule has 1 unspecified atom stereocenters. The Morgan fingerprint density at radius 1 is 1.13 bits per heavy atom. The molecule has 156 valence electrons. The number of rotatable bonds is 5. The van der Waals surface area contributed by atoms with Gasteiger partial charge < -0.3 is 10.2 Å². The molecule has 2 aliphatic rings. The number of thiazole rings is 1. The number of amides is 1. The molecule has 1 aliphatic carbocycles. The summed E-state index contributed by atoms with van der Waals surface area (Å²) in [5, 5.41) is 3.77. The van der Waals surface area contributed by atoms with Crippen molar-refractivity contribution in [2.24, 2.45) is 0 Å². The quantitative estimate of drug-likeness (QED) is 0.681. The van der Waals surface area contributed by atoms with Crippen molar-refractivity contribution in [1.82, 2.24) is 19.9 Å². The SMILES string of the molecule is O=C(NCc1ccccc1)C1CCCN1c1nc2c(=O)n(C3CCCC3)cnc2s1. The average Bonchev–Trinajstić information content (AvgIpc) is 3.53. The molecular formula is C22H25N5O2S. The van der Waals surface area contributed by atoms with E-state index in [2.05, 4.69) is 15.3 Å². The van der Waals surface area contributed by atoms with Crippen LogP contribution >= 0.6 is 11.3 Å². The molecule has 0 spiro atoms. The van der Waals surface area contributed by atoms with Crippen LogP contribution in [-0.4, -0.2) is 33.0 Å². The Hall–Kier alpha value is -2.74. The predicted octanol–water partition coefficient (Wildman–Crippen LogP) is 3.25. The van der Waals surface area contributed by atoms with Crippen molar-refractivity contribution in [3.05, 3.63) is 52.6 Å². The summed E-state index contributed by atoms with van der Waals surface area (Å²) in [5.74, 6) is 0.00642. The van der Waals surface area contributed by atoms with Crippen LogP contribution in [0.15, 0.2) is 41.5 Å². The maximum absolute atomic E-state index is 13.0. The van der Waals surface area contributed by atoms with Crippen molar-refractivity contribution in [2.75, 3.05) is 11.4 Å². The predicted molar refractivity (Wildman–Crippen MR) is 118 cm³/mol. The number of carbonyl (C=O) groups is 1. The number of hydrogen-bond donors (Lipinski definition) is 1. The first-order chi connectivity index (χ1) is 14.7. The van der Waals surface area contributed by atoms with E-state index in [9.17, 15) is 9.59 Å². The fraction of sp³-hybridized carbons (Fsp3) is 0.455. The van der Waals surface area contributed by atoms with Crippen molar-refractivity contribution < 1.29 is 4.79 Å². The molecule has 1 N–H and O–H groups in total. The molecule has 1 amide bonds. The highest BCUT2D eigenvalue weighted by Crippen LogP contribution is 2.33. The minimum atomic E-state index is -0.258. The molecule has 3 heterocycles. The normalized spacial score (nSPS) is 19.6. The Kier molecular flexibility index (Phi) is 5.25. The molecule has 0 bridgehead atoms. The third-order valence-corrected chi connectivity index (χ3v) is 7.16. The third kappa shape index (κ3) is 3.60. The van der Waals surface area contributed by atoms with E-state index in [1.807, 2.05) is 35.2 Å². The van der Waals surface area contributed by atoms with Crippen LogP contribution in [0.4, 0.5) is 5.13 Å². The van der Waals surface area contributed by atoms with Crippen molar-refractivity contribution in [3.63, 3.8) is 0 Å². The number of nitrogens with one attached hydrogen (secondary N) is 1. The van der Waals surface area contributed by atoms with Gasteiger partial charge in [0.25, 0.3) is 5.56 Å². The zero-order valence-corrected chi connectivity index (χ0v) is 17.6. The third-order valence-electron chi connectivity index (χ3n) is 6.16. The van der Waals surface area contributed by atoms with Crippen LogP contribution in [0.25, 0.3) is 10.3 Å². The van der Waals surface area contributed by atoms with E-state index < -0.39 is 0 Å². The lowest BCUT2D eigenvalue weighted by molar-refractivity contribution is -0.122. The second-order valence-electron chi connectivity index (χ2n) is 8.10. The van der Waals surface area contributed by atoms with Crippen LogP contribution in [-0.2, 0) is 11.3 Å². The van der Waals surface area contributed by atoms with Gasteiger partial charge in [-0.25, -0.2) is 9.97 Å². The summed E-state index contributed by atoms with van der Waals surface area (Å²) < 4.78 is 1.76. The molecule has 30 heavy (non-hydrogen) atoms. The van der Waals surface area contributed by atoms with E-state index in [0.29, 0.717) is 16.9 Å². The first-order valence-electron chi connectivity index (χ1n) is 10.7. The summed E-state index contributed by atoms with van der Waals surface area (Å²) >= 11 is 1.41. The minimum absolute atomic E-state index is 0.00642. The first kappa shape index (κ1) is 19.2. The molecule has 1 saturated heterocycles. The highest BCUT2D eigenvalue weighted by Gasteiger charge is 2.33. The lowest BCUT2D eigenvalue weighted by Gasteiger charge is -2.23. The number of anilines is 1. The number of nitrogens with zero attached hydrogens (tertiary/aromatic N) is 4. The molecule has 0 radical (unpaired) electrons. The second-order valence-corrected chi connectivity index (χ2v) is 9.06. The summed E-state index contributed by atoms with van der Waals surface area (Å²) in [5.41, 5.74) is 1.45. The molecule has 8 heteroatoms. The first-order valence-corrected chi connectivity index (χ1v) is 11.5. The molecule has 7 nitrogen and oxygen atoms in total. The Morgan fingerprint density at radius 3 is 2.73 bits per heavy atom. The van der Waals surface area contributed by atoms with Gasteiger partial charge in [-0.2, -0.15) is 0 Å². The summed E-state index contributed by atoms with van der Waals surface area (Å²) in [6, 6.07) is 9.88. The van der Waals surface area contributed by atoms with Crippen molar-refractivity contribution in [1.29, 1.82) is 0 Å². The van der Waals surface area contributed by atoms with E-state index in [4.69, 9.17) is 0 Å². The zero-order chi connectivity index (χ0) is 20.5. The van der Waals surface area contributed by atoms with Gasteiger partial charge in [0.1, 0.15) is 6.04 Å². The van der Waals surface area contributed by atoms with Crippen LogP contribution in [0.3, 0.4) is 0 Å². The zero-order valence-electron chi connectivity index (χ0n) is 16.8. The largest absolute Gasteiger partial charge is 0.350 e. The van der Waals surface area contributed by atoms with Crippen LogP contribution in [0.2, 0.25) is 0 Å². The van der Waals surface area contributed by atoms with Crippen LogP contribution in [0, 0.1) is 0 Å². The number of benzene rings is 1. The summed E-state index contributed by atoms with van der Waals surface area (Å²) in [6.07, 6.45) is 7.77. The molecule has 1 aromatic carbocycles. The van der Waals surface area contributed by atoms with E-state index in [1.165, 1.54) is 11.3 Å². The highest BCUT2D eigenvalue weighted by atomic mass is 32.1. The molecule has 2 aromatic heterocycles. The number of fused-ring (bicyclic) bond motifs is 1. The summed E-state index contributed by atoms with van der Waals surface area (Å²) in [7, 11) is 0. The standard InChI is InChI=1S/C22H25N5O2S/c28-19(23-13-15-7-2-1-3-8-15)17-11-6-12-26(17)22-25-18-20(30-22)24-14-27(21(18)29)16-9-4-5-10-16/h1-3,7-8,14,16-17H,4-6,9-13H2,(H,23,28). The van der Waals surface area contributed by atoms with Crippen LogP contribution in [0.5, 0.6) is 0 Å². The van der Waals surface area contributed by atoms with Crippen molar-refractivity contribution >= 4 is 32.7 Å². The van der Waals surface area contributed by atoms with Crippen molar-refractivity contribution in [2.45, 2.75) is 57.2 Å². The minimum Gasteiger partial charge on any atom is -0.350 e. The molecule has 1 aliphatic heterocycles. The lowest BCUT2D eigenvalue weighted by atomic mass is 10.2. The number of carbonyl (C=O) groups excluding carboxylic acids is 1. The van der Waals surface area contributed by atoms with Gasteiger partial charge in [-0.1, -0.05) is 54.5 Å². The maximum Gasteiger partial charge on any atom is 0.281 e. The van der Waals surface area contributed by atoms with Crippen molar-refractivity contribution in [3.8, 4) is 0 Å². The van der Waals surface area contributed by atoms with E-state index in [-0.39, 0.29) is 23.6 Å². The van der Waals surface area contributed by atoms with Gasteiger partial charge in [0.15, 0.2) is 15.5 Å². The monoisotopic (exact) mass is 423 g/mol. The maximum atomic E-state index is 13.0. The summed E-state index contributed by atoms with van der Waals surface area (Å²) in [6.45, 7) is 1.28. The Morgan fingerprint density at radius 2 is 1.93 bits per heavy atom. The second kappa shape index (κ2) is 8.18. The Labute approximate surface area is 178 Å². The Balaban J connectivity index is 1.36. The molecule has 1 saturated carbocycles. The smallest absolute Gasteiger partial charge is 0.281 e. The van der Waals surface area contributed by atoms with Gasteiger partial charge in [0, 0.05) is 19.1 Å². The number of hydrogen-bond acceptors (Lipinski definition) is 6. The van der Waals surface area contributed by atoms with E-state index in [0.717, 1.165) is 55.8 Å². The van der Waals surface area contributed by atoms with Gasteiger partial charge in [-0.15, -0.1) is 0 Å². The molecule has 5 rings (SSSR count). The van der Waals surface area contributed by atoms with Gasteiger partial charge in [-0.05, 0) is 31.2 Å². The summed E-state index contributed by atoms with van der Waals surface area (Å²) in [4.78, 5) is 37.7. The molecule has 3 aromatic rings. The van der Waals surface area contributed by atoms with Crippen LogP contribution < -0.4 is 15.8 Å². The van der Waals surface area contributed by atoms with E-state index in [1.54, 1.807) is 10.9 Å². The fourth-order valence-electron chi connectivity index (χ4n) is 4.55. The average molecular weight is 424 g/mol. The van der Waals surface area contributed by atoms with Crippen LogP contribution in [0.1, 0.15) is 50.1 Å². The van der Waals surface area contributed by atoms with Gasteiger partial charge >= 0.3 is 0 Å². The van der Waals surface area contributed by atoms with Gasteiger partial charge in [-0.3, -0.25) is 14.2 Å². The lowest BCUT2D eigenvalue weighted by Crippen LogP contribution is -2.43. The number of aromatic nitrogens is 3.